The number of nitrogens with one attached hydrogen (secondary N) is 1. The minimum absolute atomic E-state index is 0.0662. The van der Waals surface area contributed by atoms with Gasteiger partial charge in [0.05, 0.1) is 17.3 Å². The lowest BCUT2D eigenvalue weighted by Gasteiger charge is -2.40. The van der Waals surface area contributed by atoms with Gasteiger partial charge in [-0.25, -0.2) is 23.3 Å². The quantitative estimate of drug-likeness (QED) is 0.784. The van der Waals surface area contributed by atoms with Gasteiger partial charge in [-0.3, -0.25) is 9.69 Å². The smallest absolute Gasteiger partial charge is 0.337 e. The monoisotopic (exact) mass is 436 g/mol. The van der Waals surface area contributed by atoms with E-state index in [1.165, 1.54) is 30.1 Å². The van der Waals surface area contributed by atoms with E-state index in [1.54, 1.807) is 18.2 Å². The maximum atomic E-state index is 15.0. The van der Waals surface area contributed by atoms with Crippen LogP contribution in [0.3, 0.4) is 0 Å². The van der Waals surface area contributed by atoms with E-state index in [1.807, 2.05) is 6.07 Å². The topological polar surface area (TPSA) is 93.5 Å². The first-order valence-electron chi connectivity index (χ1n) is 9.87. The van der Waals surface area contributed by atoms with Crippen molar-refractivity contribution in [1.29, 1.82) is 5.26 Å². The number of hydrogen-bond acceptors (Lipinski definition) is 4. The highest BCUT2D eigenvalue weighted by Crippen LogP contribution is 2.45. The van der Waals surface area contributed by atoms with Gasteiger partial charge in [0.1, 0.15) is 18.5 Å². The van der Waals surface area contributed by atoms with E-state index >= 15 is 0 Å². The average Bonchev–Trinajstić information content (AvgIpc) is 3.18. The summed E-state index contributed by atoms with van der Waals surface area (Å²) in [7, 11) is 1.32. The molecule has 1 heterocycles. The number of urea groups is 2. The van der Waals surface area contributed by atoms with E-state index < -0.39 is 30.6 Å². The lowest BCUT2D eigenvalue weighted by Crippen LogP contribution is -2.55. The number of imide groups is 1. The number of carbonyl (C=O) groups is 3. The van der Waals surface area contributed by atoms with Crippen LogP contribution >= 0.6 is 0 Å². The molecule has 1 N–H and O–H groups in total. The highest BCUT2D eigenvalue weighted by molar-refractivity contribution is 6.12. The summed E-state index contributed by atoms with van der Waals surface area (Å²) in [5.41, 5.74) is 1.11. The van der Waals surface area contributed by atoms with Crippen LogP contribution in [-0.2, 0) is 11.5 Å². The van der Waals surface area contributed by atoms with Crippen LogP contribution in [0.15, 0.2) is 53.7 Å². The lowest BCUT2D eigenvalue weighted by atomic mass is 9.92. The number of nitrogens with zero attached hydrogens (tertiary/aromatic N) is 3. The summed E-state index contributed by atoms with van der Waals surface area (Å²) < 4.78 is 28.2. The number of alkyl halides is 1. The van der Waals surface area contributed by atoms with E-state index in [4.69, 9.17) is 5.26 Å². The van der Waals surface area contributed by atoms with Crippen LogP contribution in [0.4, 0.5) is 24.1 Å². The molecule has 0 bridgehead atoms. The van der Waals surface area contributed by atoms with Gasteiger partial charge in [0.25, 0.3) is 0 Å². The third-order valence-electron chi connectivity index (χ3n) is 5.58. The largest absolute Gasteiger partial charge is 0.341 e. The number of ketones is 1. The van der Waals surface area contributed by atoms with Crippen molar-refractivity contribution >= 4 is 23.5 Å². The van der Waals surface area contributed by atoms with Gasteiger partial charge in [-0.1, -0.05) is 18.2 Å². The molecule has 2 aromatic rings. The van der Waals surface area contributed by atoms with Crippen LogP contribution in [0.2, 0.25) is 0 Å². The predicted molar refractivity (Wildman–Crippen MR) is 111 cm³/mol. The number of amides is 4. The molecule has 2 aliphatic rings. The van der Waals surface area contributed by atoms with Gasteiger partial charge in [0.2, 0.25) is 0 Å². The second kappa shape index (κ2) is 8.23. The Kier molecular flexibility index (Phi) is 5.45. The van der Waals surface area contributed by atoms with E-state index in [0.29, 0.717) is 16.9 Å². The number of halogens is 2. The molecule has 0 aromatic heterocycles. The molecule has 4 amide bonds. The number of carbonyl (C=O) groups excluding carboxylic acids is 3. The number of allylic oxidation sites excluding steroid dienone is 1. The zero-order valence-electron chi connectivity index (χ0n) is 17.1. The van der Waals surface area contributed by atoms with Gasteiger partial charge >= 0.3 is 12.1 Å². The molecule has 7 nitrogen and oxygen atoms in total. The molecule has 1 unspecified atom stereocenters. The van der Waals surface area contributed by atoms with Crippen molar-refractivity contribution in [2.45, 2.75) is 25.6 Å². The highest BCUT2D eigenvalue weighted by Gasteiger charge is 2.49. The second-order valence-corrected chi connectivity index (χ2v) is 7.38. The van der Waals surface area contributed by atoms with Crippen molar-refractivity contribution in [3.63, 3.8) is 0 Å². The van der Waals surface area contributed by atoms with E-state index in [2.05, 4.69) is 5.32 Å². The fourth-order valence-electron chi connectivity index (χ4n) is 4.15. The third-order valence-corrected chi connectivity index (χ3v) is 5.58. The van der Waals surface area contributed by atoms with Crippen LogP contribution in [0.1, 0.15) is 35.6 Å². The summed E-state index contributed by atoms with van der Waals surface area (Å²) in [6.07, 6.45) is 0.309. The number of nitriles is 1. The minimum Gasteiger partial charge on any atom is -0.341 e. The summed E-state index contributed by atoms with van der Waals surface area (Å²) >= 11 is 0. The molecular formula is C23H18F2N4O3. The average molecular weight is 436 g/mol. The van der Waals surface area contributed by atoms with Gasteiger partial charge < -0.3 is 5.32 Å². The summed E-state index contributed by atoms with van der Waals surface area (Å²) in [6.45, 7) is -0.751. The van der Waals surface area contributed by atoms with Crippen molar-refractivity contribution in [1.82, 2.24) is 10.2 Å². The maximum absolute atomic E-state index is 15.0. The number of hydrogen-bond donors (Lipinski definition) is 1. The van der Waals surface area contributed by atoms with Crippen molar-refractivity contribution in [2.75, 3.05) is 11.9 Å². The van der Waals surface area contributed by atoms with Crippen LogP contribution < -0.4 is 10.2 Å². The molecule has 2 aromatic carbocycles. The summed E-state index contributed by atoms with van der Waals surface area (Å²) in [5, 5.41) is 11.4. The van der Waals surface area contributed by atoms with E-state index in [0.717, 1.165) is 11.0 Å². The van der Waals surface area contributed by atoms with Crippen LogP contribution in [0, 0.1) is 17.1 Å². The Morgan fingerprint density at radius 1 is 1.22 bits per heavy atom. The van der Waals surface area contributed by atoms with Crippen molar-refractivity contribution in [3.05, 3.63) is 76.2 Å². The fourth-order valence-corrected chi connectivity index (χ4v) is 4.15. The molecule has 1 aliphatic heterocycles. The molecule has 0 saturated carbocycles. The van der Waals surface area contributed by atoms with Crippen LogP contribution in [-0.4, -0.2) is 29.8 Å². The van der Waals surface area contributed by atoms with Crippen LogP contribution in [0.25, 0.3) is 0 Å². The van der Waals surface area contributed by atoms with Gasteiger partial charge in [-0.15, -0.1) is 0 Å². The van der Waals surface area contributed by atoms with Gasteiger partial charge in [0, 0.05) is 30.3 Å². The third kappa shape index (κ3) is 3.30. The van der Waals surface area contributed by atoms with E-state index in [-0.39, 0.29) is 35.3 Å². The summed E-state index contributed by atoms with van der Waals surface area (Å²) in [6, 6.07) is 8.76. The number of Topliss-reactive ketones (excluding diaryl/α,β-unsaturated/α-hetero) is 1. The van der Waals surface area contributed by atoms with Crippen molar-refractivity contribution < 1.29 is 23.2 Å². The zero-order chi connectivity index (χ0) is 23.0. The fraction of sp³-hybridized carbons (Fsp3) is 0.217. The van der Waals surface area contributed by atoms with Crippen LogP contribution in [0.5, 0.6) is 0 Å². The van der Waals surface area contributed by atoms with Gasteiger partial charge in [-0.05, 0) is 36.2 Å². The first-order valence-corrected chi connectivity index (χ1v) is 9.87. The number of benzene rings is 2. The summed E-state index contributed by atoms with van der Waals surface area (Å²) in [5.74, 6) is -1.13. The SMILES string of the molecule is CNC(=O)N1C(=O)N(c2cccc(CF)c2)C2=C(C(=O)CC2)C1c1ccc(C#N)cc1F. The molecule has 0 spiro atoms. The molecule has 162 valence electrons. The van der Waals surface area contributed by atoms with Gasteiger partial charge in [0.15, 0.2) is 5.78 Å². The molecule has 0 radical (unpaired) electrons. The first-order chi connectivity index (χ1) is 15.4. The van der Waals surface area contributed by atoms with Gasteiger partial charge in [-0.2, -0.15) is 5.26 Å². The Labute approximate surface area is 182 Å². The molecule has 4 rings (SSSR count). The standard InChI is InChI=1S/C23H18F2N4O3/c1-27-22(31)29-21(16-6-5-14(12-26)10-17(16)25)20-18(7-8-19(20)30)28(23(29)32)15-4-2-3-13(9-15)11-24/h2-6,9-10,21H,7-8,11H2,1H3,(H,27,31). The lowest BCUT2D eigenvalue weighted by molar-refractivity contribution is -0.115. The maximum Gasteiger partial charge on any atom is 0.337 e. The molecule has 9 heteroatoms. The van der Waals surface area contributed by atoms with Crippen molar-refractivity contribution in [3.8, 4) is 6.07 Å². The highest BCUT2D eigenvalue weighted by atomic mass is 19.1. The molecular weight excluding hydrogens is 418 g/mol. The second-order valence-electron chi connectivity index (χ2n) is 7.38. The Balaban J connectivity index is 1.96. The Bertz CT molecular complexity index is 1220. The van der Waals surface area contributed by atoms with E-state index in [9.17, 15) is 23.2 Å². The zero-order valence-corrected chi connectivity index (χ0v) is 17.1. The molecule has 1 atom stereocenters. The number of anilines is 1. The molecule has 0 saturated heterocycles. The minimum atomic E-state index is -1.29. The molecule has 32 heavy (non-hydrogen) atoms. The molecule has 0 fully saturated rings. The Morgan fingerprint density at radius 3 is 2.66 bits per heavy atom. The first kappa shape index (κ1) is 21.2. The normalized spacial score (nSPS) is 18.0. The Morgan fingerprint density at radius 2 is 2.00 bits per heavy atom. The predicted octanol–water partition coefficient (Wildman–Crippen LogP) is 4.11. The Hall–Kier alpha value is -4.06. The molecule has 1 aliphatic carbocycles. The summed E-state index contributed by atoms with van der Waals surface area (Å²) in [4.78, 5) is 41.3. The van der Waals surface area contributed by atoms with Crippen molar-refractivity contribution in [2.24, 2.45) is 0 Å². The number of rotatable bonds is 3.